The van der Waals surface area contributed by atoms with Crippen molar-refractivity contribution in [3.63, 3.8) is 0 Å². The second-order valence-corrected chi connectivity index (χ2v) is 3.71. The standard InChI is InChI=1S/C10H11ClFNO2/c1-6(2)13(10(14)15)8-5-3-4-7(11)9(8)12/h3-6H,1-2H3,(H,14,15)/p-1. The molecule has 1 amide bonds. The number of rotatable bonds is 2. The third kappa shape index (κ3) is 2.39. The fourth-order valence-electron chi connectivity index (χ4n) is 1.27. The number of nitrogens with zero attached hydrogens (tertiary/aromatic N) is 1. The molecule has 0 saturated heterocycles. The van der Waals surface area contributed by atoms with Gasteiger partial charge in [-0.15, -0.1) is 0 Å². The first-order valence-electron chi connectivity index (χ1n) is 4.39. The molecule has 0 atom stereocenters. The van der Waals surface area contributed by atoms with Crippen LogP contribution in [0.4, 0.5) is 14.9 Å². The Morgan fingerprint density at radius 3 is 2.60 bits per heavy atom. The van der Waals surface area contributed by atoms with E-state index in [4.69, 9.17) is 11.6 Å². The zero-order valence-electron chi connectivity index (χ0n) is 8.33. The van der Waals surface area contributed by atoms with E-state index in [2.05, 4.69) is 0 Å². The summed E-state index contributed by atoms with van der Waals surface area (Å²) in [6.45, 7) is 3.24. The Balaban J connectivity index is 3.23. The minimum absolute atomic E-state index is 0.0856. The first-order valence-corrected chi connectivity index (χ1v) is 4.77. The van der Waals surface area contributed by atoms with Crippen LogP contribution in [0.15, 0.2) is 18.2 Å². The van der Waals surface area contributed by atoms with E-state index in [1.165, 1.54) is 18.2 Å². The van der Waals surface area contributed by atoms with Crippen molar-refractivity contribution in [1.29, 1.82) is 0 Å². The summed E-state index contributed by atoms with van der Waals surface area (Å²) in [6, 6.07) is 3.77. The van der Waals surface area contributed by atoms with Gasteiger partial charge in [0.05, 0.1) is 10.7 Å². The molecule has 0 aliphatic rings. The number of amides is 1. The van der Waals surface area contributed by atoms with Gasteiger partial charge in [-0.1, -0.05) is 17.7 Å². The minimum Gasteiger partial charge on any atom is -0.530 e. The monoisotopic (exact) mass is 230 g/mol. The average molecular weight is 231 g/mol. The summed E-state index contributed by atoms with van der Waals surface area (Å²) >= 11 is 5.55. The average Bonchev–Trinajstić information content (AvgIpc) is 2.11. The second kappa shape index (κ2) is 4.49. The van der Waals surface area contributed by atoms with Crippen molar-refractivity contribution in [2.24, 2.45) is 0 Å². The molecule has 0 aliphatic heterocycles. The zero-order chi connectivity index (χ0) is 11.6. The van der Waals surface area contributed by atoms with Crippen LogP contribution in [0, 0.1) is 5.82 Å². The Morgan fingerprint density at radius 1 is 1.53 bits per heavy atom. The first kappa shape index (κ1) is 11.8. The lowest BCUT2D eigenvalue weighted by atomic mass is 10.2. The molecule has 82 valence electrons. The highest BCUT2D eigenvalue weighted by Gasteiger charge is 2.17. The van der Waals surface area contributed by atoms with Gasteiger partial charge in [0.2, 0.25) is 0 Å². The number of carbonyl (C=O) groups excluding carboxylic acids is 1. The quantitative estimate of drug-likeness (QED) is 0.780. The van der Waals surface area contributed by atoms with Gasteiger partial charge in [0.25, 0.3) is 0 Å². The Labute approximate surface area is 92.1 Å². The van der Waals surface area contributed by atoms with Crippen molar-refractivity contribution in [3.05, 3.63) is 29.0 Å². The molecule has 1 aromatic rings. The van der Waals surface area contributed by atoms with Gasteiger partial charge < -0.3 is 14.8 Å². The smallest absolute Gasteiger partial charge is 0.165 e. The highest BCUT2D eigenvalue weighted by molar-refractivity contribution is 6.31. The molecular formula is C10H10ClFNO2-. The van der Waals surface area contributed by atoms with Crippen LogP contribution in [-0.2, 0) is 0 Å². The molecule has 0 N–H and O–H groups in total. The van der Waals surface area contributed by atoms with E-state index in [9.17, 15) is 14.3 Å². The van der Waals surface area contributed by atoms with Crippen LogP contribution in [0.3, 0.4) is 0 Å². The van der Waals surface area contributed by atoms with Crippen LogP contribution < -0.4 is 10.0 Å². The lowest BCUT2D eigenvalue weighted by molar-refractivity contribution is -0.247. The highest BCUT2D eigenvalue weighted by Crippen LogP contribution is 2.26. The lowest BCUT2D eigenvalue weighted by Gasteiger charge is -2.29. The van der Waals surface area contributed by atoms with Crippen molar-refractivity contribution >= 4 is 23.4 Å². The summed E-state index contributed by atoms with van der Waals surface area (Å²) in [6.07, 6.45) is -1.45. The molecule has 0 aromatic heterocycles. The number of carbonyl (C=O) groups is 1. The number of benzene rings is 1. The van der Waals surface area contributed by atoms with Crippen LogP contribution in [0.5, 0.6) is 0 Å². The summed E-state index contributed by atoms with van der Waals surface area (Å²) in [5.41, 5.74) is -0.0856. The van der Waals surface area contributed by atoms with E-state index >= 15 is 0 Å². The first-order chi connectivity index (χ1) is 6.95. The van der Waals surface area contributed by atoms with E-state index in [-0.39, 0.29) is 10.7 Å². The molecule has 5 heteroatoms. The summed E-state index contributed by atoms with van der Waals surface area (Å²) < 4.78 is 13.5. The van der Waals surface area contributed by atoms with Crippen molar-refractivity contribution in [2.75, 3.05) is 4.90 Å². The van der Waals surface area contributed by atoms with Crippen molar-refractivity contribution < 1.29 is 14.3 Å². The maximum Gasteiger partial charge on any atom is 0.165 e. The number of hydrogen-bond donors (Lipinski definition) is 0. The lowest BCUT2D eigenvalue weighted by Crippen LogP contribution is -2.45. The van der Waals surface area contributed by atoms with Crippen LogP contribution >= 0.6 is 11.6 Å². The normalized spacial score (nSPS) is 10.5. The third-order valence-corrected chi connectivity index (χ3v) is 2.20. The number of anilines is 1. The van der Waals surface area contributed by atoms with Crippen LogP contribution in [0.2, 0.25) is 5.02 Å². The molecule has 0 unspecified atom stereocenters. The molecule has 0 heterocycles. The van der Waals surface area contributed by atoms with E-state index < -0.39 is 18.0 Å². The highest BCUT2D eigenvalue weighted by atomic mass is 35.5. The number of carboxylic acid groups (broad SMARTS) is 1. The van der Waals surface area contributed by atoms with Gasteiger partial charge in [-0.3, -0.25) is 0 Å². The van der Waals surface area contributed by atoms with Gasteiger partial charge in [-0.2, -0.15) is 0 Å². The van der Waals surface area contributed by atoms with Gasteiger partial charge in [-0.25, -0.2) is 4.39 Å². The molecule has 15 heavy (non-hydrogen) atoms. The molecule has 0 aliphatic carbocycles. The second-order valence-electron chi connectivity index (χ2n) is 3.30. The Bertz CT molecular complexity index is 382. The predicted octanol–water partition coefficient (Wildman–Crippen LogP) is 2.04. The summed E-state index contributed by atoms with van der Waals surface area (Å²) in [4.78, 5) is 11.6. The van der Waals surface area contributed by atoms with Crippen LogP contribution in [0.25, 0.3) is 0 Å². The predicted molar refractivity (Wildman–Crippen MR) is 54.4 cm³/mol. The largest absolute Gasteiger partial charge is 0.530 e. The molecule has 1 aromatic carbocycles. The Morgan fingerprint density at radius 2 is 2.13 bits per heavy atom. The van der Waals surface area contributed by atoms with Gasteiger partial charge in [0.15, 0.2) is 5.82 Å². The van der Waals surface area contributed by atoms with E-state index in [1.807, 2.05) is 0 Å². The van der Waals surface area contributed by atoms with Crippen molar-refractivity contribution in [2.45, 2.75) is 19.9 Å². The summed E-state index contributed by atoms with van der Waals surface area (Å²) in [5, 5.41) is 10.7. The molecule has 0 saturated carbocycles. The van der Waals surface area contributed by atoms with E-state index in [1.54, 1.807) is 13.8 Å². The minimum atomic E-state index is -1.45. The van der Waals surface area contributed by atoms with Crippen molar-refractivity contribution in [1.82, 2.24) is 0 Å². The third-order valence-electron chi connectivity index (χ3n) is 1.90. The van der Waals surface area contributed by atoms with Gasteiger partial charge in [0.1, 0.15) is 6.09 Å². The van der Waals surface area contributed by atoms with Gasteiger partial charge >= 0.3 is 0 Å². The number of hydrogen-bond acceptors (Lipinski definition) is 2. The summed E-state index contributed by atoms with van der Waals surface area (Å²) in [7, 11) is 0. The van der Waals surface area contributed by atoms with Gasteiger partial charge in [0, 0.05) is 6.04 Å². The maximum absolute atomic E-state index is 13.5. The van der Waals surface area contributed by atoms with E-state index in [0.717, 1.165) is 4.90 Å². The number of halogens is 2. The topological polar surface area (TPSA) is 43.4 Å². The van der Waals surface area contributed by atoms with E-state index in [0.29, 0.717) is 0 Å². The summed E-state index contributed by atoms with van der Waals surface area (Å²) in [5.74, 6) is -0.753. The Hall–Kier alpha value is -1.29. The fraction of sp³-hybridized carbons (Fsp3) is 0.300. The fourth-order valence-corrected chi connectivity index (χ4v) is 1.44. The SMILES string of the molecule is CC(C)N(C(=O)[O-])c1cccc(Cl)c1F. The molecule has 0 spiro atoms. The maximum atomic E-state index is 13.5. The molecular weight excluding hydrogens is 221 g/mol. The van der Waals surface area contributed by atoms with Crippen LogP contribution in [0.1, 0.15) is 13.8 Å². The molecule has 0 radical (unpaired) electrons. The molecule has 0 fully saturated rings. The molecule has 3 nitrogen and oxygen atoms in total. The van der Waals surface area contributed by atoms with Gasteiger partial charge in [-0.05, 0) is 26.0 Å². The molecule has 0 bridgehead atoms. The Kier molecular flexibility index (Phi) is 3.52. The van der Waals surface area contributed by atoms with Crippen molar-refractivity contribution in [3.8, 4) is 0 Å². The molecule has 1 rings (SSSR count). The van der Waals surface area contributed by atoms with Crippen LogP contribution in [-0.4, -0.2) is 12.1 Å². The zero-order valence-corrected chi connectivity index (χ0v) is 9.08.